The normalized spacial score (nSPS) is 18.1. The fourth-order valence-electron chi connectivity index (χ4n) is 2.53. The predicted molar refractivity (Wildman–Crippen MR) is 82.7 cm³/mol. The van der Waals surface area contributed by atoms with E-state index in [1.165, 1.54) is 5.69 Å². The molecule has 1 N–H and O–H groups in total. The van der Waals surface area contributed by atoms with Gasteiger partial charge in [-0.25, -0.2) is 0 Å². The first-order valence-corrected chi connectivity index (χ1v) is 7.32. The van der Waals surface area contributed by atoms with Crippen molar-refractivity contribution in [3.8, 4) is 5.75 Å². The molecule has 4 nitrogen and oxygen atoms in total. The van der Waals surface area contributed by atoms with Crippen LogP contribution >= 0.6 is 0 Å². The highest BCUT2D eigenvalue weighted by molar-refractivity contribution is 5.51. The lowest BCUT2D eigenvalue weighted by atomic mass is 10.0. The van der Waals surface area contributed by atoms with Gasteiger partial charge in [0.05, 0.1) is 6.61 Å². The lowest BCUT2D eigenvalue weighted by Gasteiger charge is -2.40. The zero-order chi connectivity index (χ0) is 14.4. The van der Waals surface area contributed by atoms with E-state index < -0.39 is 0 Å². The number of nitrogens with one attached hydrogen (secondary N) is 1. The molecule has 112 valence electrons. The summed E-state index contributed by atoms with van der Waals surface area (Å²) in [6.07, 6.45) is 0.918. The zero-order valence-electron chi connectivity index (χ0n) is 12.8. The van der Waals surface area contributed by atoms with E-state index in [1.54, 1.807) is 7.11 Å². The highest BCUT2D eigenvalue weighted by atomic mass is 16.5. The first-order valence-electron chi connectivity index (χ1n) is 7.32. The minimum Gasteiger partial charge on any atom is -0.493 e. The quantitative estimate of drug-likeness (QED) is 0.810. The maximum atomic E-state index is 5.77. The Hall–Kier alpha value is -1.26. The number of benzene rings is 1. The molecule has 0 bridgehead atoms. The fourth-order valence-corrected chi connectivity index (χ4v) is 2.53. The van der Waals surface area contributed by atoms with Crippen molar-refractivity contribution < 1.29 is 9.47 Å². The molecule has 0 amide bonds. The molecular weight excluding hydrogens is 252 g/mol. The van der Waals surface area contributed by atoms with Crippen LogP contribution in [0.1, 0.15) is 20.3 Å². The smallest absolute Gasteiger partial charge is 0.121 e. The van der Waals surface area contributed by atoms with Gasteiger partial charge in [-0.05, 0) is 26.0 Å². The van der Waals surface area contributed by atoms with E-state index in [4.69, 9.17) is 9.47 Å². The van der Waals surface area contributed by atoms with Crippen LogP contribution in [0.4, 0.5) is 5.69 Å². The number of hydrogen-bond acceptors (Lipinski definition) is 4. The van der Waals surface area contributed by atoms with Crippen molar-refractivity contribution in [1.29, 1.82) is 0 Å². The highest BCUT2D eigenvalue weighted by Gasteiger charge is 2.25. The van der Waals surface area contributed by atoms with Crippen LogP contribution in [0.3, 0.4) is 0 Å². The van der Waals surface area contributed by atoms with Gasteiger partial charge < -0.3 is 19.7 Å². The molecule has 1 aliphatic heterocycles. The summed E-state index contributed by atoms with van der Waals surface area (Å²) in [5.41, 5.74) is 1.40. The molecule has 0 aliphatic carbocycles. The van der Waals surface area contributed by atoms with Gasteiger partial charge in [0.15, 0.2) is 0 Å². The molecule has 1 aliphatic rings. The van der Waals surface area contributed by atoms with Crippen molar-refractivity contribution in [3.63, 3.8) is 0 Å². The third-order valence-corrected chi connectivity index (χ3v) is 3.52. The Morgan fingerprint density at radius 2 is 2.15 bits per heavy atom. The molecule has 0 saturated carbocycles. The SMILES string of the molecule is COCCCOc1cccc(N2CCNC(C)(C)C2)c1. The average Bonchev–Trinajstić information content (AvgIpc) is 2.43. The van der Waals surface area contributed by atoms with Crippen LogP contribution in [0.5, 0.6) is 5.75 Å². The monoisotopic (exact) mass is 278 g/mol. The van der Waals surface area contributed by atoms with Gasteiger partial charge >= 0.3 is 0 Å². The van der Waals surface area contributed by atoms with Crippen LogP contribution in [0.2, 0.25) is 0 Å². The van der Waals surface area contributed by atoms with Gasteiger partial charge in [-0.3, -0.25) is 0 Å². The Kier molecular flexibility index (Phi) is 5.26. The largest absolute Gasteiger partial charge is 0.493 e. The van der Waals surface area contributed by atoms with Crippen LogP contribution < -0.4 is 15.0 Å². The van der Waals surface area contributed by atoms with Crippen molar-refractivity contribution in [2.75, 3.05) is 44.9 Å². The zero-order valence-corrected chi connectivity index (χ0v) is 12.8. The topological polar surface area (TPSA) is 33.7 Å². The molecule has 0 atom stereocenters. The summed E-state index contributed by atoms with van der Waals surface area (Å²) in [6, 6.07) is 8.37. The first-order chi connectivity index (χ1) is 9.61. The molecule has 1 saturated heterocycles. The van der Waals surface area contributed by atoms with Crippen LogP contribution in [-0.4, -0.2) is 45.5 Å². The van der Waals surface area contributed by atoms with Gasteiger partial charge in [-0.15, -0.1) is 0 Å². The van der Waals surface area contributed by atoms with Crippen LogP contribution in [-0.2, 0) is 4.74 Å². The Labute approximate surface area is 122 Å². The van der Waals surface area contributed by atoms with Crippen LogP contribution in [0.25, 0.3) is 0 Å². The second-order valence-corrected chi connectivity index (χ2v) is 5.92. The minimum atomic E-state index is 0.160. The van der Waals surface area contributed by atoms with Gasteiger partial charge in [-0.2, -0.15) is 0 Å². The van der Waals surface area contributed by atoms with Crippen LogP contribution in [0.15, 0.2) is 24.3 Å². The lowest BCUT2D eigenvalue weighted by molar-refractivity contribution is 0.172. The van der Waals surface area contributed by atoms with Crippen LogP contribution in [0, 0.1) is 0 Å². The van der Waals surface area contributed by atoms with E-state index >= 15 is 0 Å². The summed E-state index contributed by atoms with van der Waals surface area (Å²) in [7, 11) is 1.72. The lowest BCUT2D eigenvalue weighted by Crippen LogP contribution is -2.57. The fraction of sp³-hybridized carbons (Fsp3) is 0.625. The van der Waals surface area contributed by atoms with Crippen molar-refractivity contribution >= 4 is 5.69 Å². The third-order valence-electron chi connectivity index (χ3n) is 3.52. The van der Waals surface area contributed by atoms with Crippen molar-refractivity contribution in [3.05, 3.63) is 24.3 Å². The summed E-state index contributed by atoms with van der Waals surface area (Å²) in [6.45, 7) is 8.99. The molecule has 0 spiro atoms. The summed E-state index contributed by atoms with van der Waals surface area (Å²) < 4.78 is 10.8. The van der Waals surface area contributed by atoms with Gasteiger partial charge in [0.25, 0.3) is 0 Å². The number of anilines is 1. The average molecular weight is 278 g/mol. The molecule has 1 fully saturated rings. The number of methoxy groups -OCH3 is 1. The number of piperazine rings is 1. The van der Waals surface area contributed by atoms with E-state index in [-0.39, 0.29) is 5.54 Å². The molecule has 4 heteroatoms. The summed E-state index contributed by atoms with van der Waals surface area (Å²) >= 11 is 0. The standard InChI is InChI=1S/C16H26N2O2/c1-16(2)13-18(9-8-17-16)14-6-4-7-15(12-14)20-11-5-10-19-3/h4,6-7,12,17H,5,8-11,13H2,1-3H3. The molecule has 0 aromatic heterocycles. The Morgan fingerprint density at radius 3 is 2.90 bits per heavy atom. The van der Waals surface area contributed by atoms with Crippen molar-refractivity contribution in [1.82, 2.24) is 5.32 Å². The second kappa shape index (κ2) is 6.95. The maximum Gasteiger partial charge on any atom is 0.121 e. The van der Waals surface area contributed by atoms with Crippen molar-refractivity contribution in [2.45, 2.75) is 25.8 Å². The van der Waals surface area contributed by atoms with Gasteiger partial charge in [-0.1, -0.05) is 6.07 Å². The third kappa shape index (κ3) is 4.39. The van der Waals surface area contributed by atoms with E-state index in [9.17, 15) is 0 Å². The molecular formula is C16H26N2O2. The molecule has 1 heterocycles. The number of hydrogen-bond donors (Lipinski definition) is 1. The second-order valence-electron chi connectivity index (χ2n) is 5.92. The molecule has 1 aromatic carbocycles. The highest BCUT2D eigenvalue weighted by Crippen LogP contribution is 2.24. The van der Waals surface area contributed by atoms with E-state index in [2.05, 4.69) is 42.3 Å². The summed E-state index contributed by atoms with van der Waals surface area (Å²) in [5.74, 6) is 0.940. The summed E-state index contributed by atoms with van der Waals surface area (Å²) in [4.78, 5) is 2.42. The number of rotatable bonds is 6. The van der Waals surface area contributed by atoms with Crippen molar-refractivity contribution in [2.24, 2.45) is 0 Å². The molecule has 0 radical (unpaired) electrons. The molecule has 0 unspecified atom stereocenters. The number of nitrogens with zero attached hydrogens (tertiary/aromatic N) is 1. The molecule has 1 aromatic rings. The van der Waals surface area contributed by atoms with Gasteiger partial charge in [0, 0.05) is 57.1 Å². The first kappa shape index (κ1) is 15.1. The number of ether oxygens (including phenoxy) is 2. The van der Waals surface area contributed by atoms with Gasteiger partial charge in [0.1, 0.15) is 5.75 Å². The molecule has 2 rings (SSSR count). The Bertz CT molecular complexity index is 421. The Morgan fingerprint density at radius 1 is 1.30 bits per heavy atom. The van der Waals surface area contributed by atoms with E-state index in [0.717, 1.165) is 38.4 Å². The summed E-state index contributed by atoms with van der Waals surface area (Å²) in [5, 5.41) is 3.53. The predicted octanol–water partition coefficient (Wildman–Crippen LogP) is 2.29. The minimum absolute atomic E-state index is 0.160. The molecule has 20 heavy (non-hydrogen) atoms. The van der Waals surface area contributed by atoms with E-state index in [1.807, 2.05) is 6.07 Å². The van der Waals surface area contributed by atoms with Gasteiger partial charge in [0.2, 0.25) is 0 Å². The Balaban J connectivity index is 1.95. The van der Waals surface area contributed by atoms with E-state index in [0.29, 0.717) is 6.61 Å². The maximum absolute atomic E-state index is 5.77.